The molecule has 0 fully saturated rings. The van der Waals surface area contributed by atoms with Crippen LogP contribution in [0, 0.1) is 0 Å². The first-order chi connectivity index (χ1) is 11.6. The maximum atomic E-state index is 12.9. The number of hydrogen-bond acceptors (Lipinski definition) is 4. The van der Waals surface area contributed by atoms with Crippen LogP contribution >= 0.6 is 22.9 Å². The third-order valence-corrected chi connectivity index (χ3v) is 5.09. The van der Waals surface area contributed by atoms with E-state index < -0.39 is 0 Å². The zero-order chi connectivity index (χ0) is 16.8. The van der Waals surface area contributed by atoms with Gasteiger partial charge < -0.3 is 0 Å². The Kier molecular flexibility index (Phi) is 3.54. The Balaban J connectivity index is 2.05. The molecule has 0 aliphatic rings. The minimum absolute atomic E-state index is 0.143. The van der Waals surface area contributed by atoms with Crippen LogP contribution in [0.4, 0.5) is 0 Å². The van der Waals surface area contributed by atoms with Gasteiger partial charge in [-0.05, 0) is 36.1 Å². The number of halogens is 1. The first kappa shape index (κ1) is 15.2. The standard InChI is InChI=1S/C16H13ClN4O2S/c1-2-20-16(23)21-12-7-8-24-13(12)14(22)19(15(21)18-20)9-10-3-5-11(17)6-4-10/h3-8H,2,9H2,1H3. The number of hydrogen-bond donors (Lipinski definition) is 0. The van der Waals surface area contributed by atoms with E-state index in [1.165, 1.54) is 25.0 Å². The quantitative estimate of drug-likeness (QED) is 0.564. The number of nitrogens with zero attached hydrogens (tertiary/aromatic N) is 4. The molecule has 0 saturated carbocycles. The average molecular weight is 361 g/mol. The van der Waals surface area contributed by atoms with Crippen LogP contribution in [0.1, 0.15) is 12.5 Å². The highest BCUT2D eigenvalue weighted by Crippen LogP contribution is 2.18. The van der Waals surface area contributed by atoms with E-state index in [0.29, 0.717) is 34.1 Å². The van der Waals surface area contributed by atoms with Crippen molar-refractivity contribution in [2.75, 3.05) is 0 Å². The molecule has 0 saturated heterocycles. The van der Waals surface area contributed by atoms with Crippen molar-refractivity contribution in [2.45, 2.75) is 20.0 Å². The molecule has 4 aromatic rings. The van der Waals surface area contributed by atoms with E-state index in [1.54, 1.807) is 18.2 Å². The normalized spacial score (nSPS) is 11.6. The lowest BCUT2D eigenvalue weighted by Gasteiger charge is -2.08. The van der Waals surface area contributed by atoms with Gasteiger partial charge in [0.25, 0.3) is 5.56 Å². The minimum atomic E-state index is -0.235. The highest BCUT2D eigenvalue weighted by molar-refractivity contribution is 7.17. The van der Waals surface area contributed by atoms with Crippen molar-refractivity contribution < 1.29 is 0 Å². The molecule has 0 unspecified atom stereocenters. The largest absolute Gasteiger partial charge is 0.352 e. The van der Waals surface area contributed by atoms with Crippen LogP contribution in [0.5, 0.6) is 0 Å². The fraction of sp³-hybridized carbons (Fsp3) is 0.188. The van der Waals surface area contributed by atoms with E-state index in [0.717, 1.165) is 5.56 Å². The van der Waals surface area contributed by atoms with Gasteiger partial charge in [-0.15, -0.1) is 16.4 Å². The number of thiophene rings is 1. The van der Waals surface area contributed by atoms with Gasteiger partial charge in [0.15, 0.2) is 0 Å². The average Bonchev–Trinajstić information content (AvgIpc) is 3.18. The molecule has 122 valence electrons. The molecule has 1 aromatic carbocycles. The fourth-order valence-corrected chi connectivity index (χ4v) is 3.70. The first-order valence-electron chi connectivity index (χ1n) is 7.44. The predicted molar refractivity (Wildman–Crippen MR) is 95.3 cm³/mol. The van der Waals surface area contributed by atoms with Crippen molar-refractivity contribution in [3.8, 4) is 0 Å². The van der Waals surface area contributed by atoms with Gasteiger partial charge in [0.1, 0.15) is 4.70 Å². The van der Waals surface area contributed by atoms with Crippen LogP contribution in [0.15, 0.2) is 45.3 Å². The van der Waals surface area contributed by atoms with Crippen molar-refractivity contribution in [3.05, 3.63) is 67.1 Å². The Labute approximate surface area is 145 Å². The second-order valence-electron chi connectivity index (χ2n) is 5.39. The first-order valence-corrected chi connectivity index (χ1v) is 8.70. The molecule has 4 rings (SSSR count). The number of aromatic nitrogens is 4. The van der Waals surface area contributed by atoms with Crippen molar-refractivity contribution >= 4 is 38.9 Å². The zero-order valence-corrected chi connectivity index (χ0v) is 14.3. The van der Waals surface area contributed by atoms with Gasteiger partial charge in [0.2, 0.25) is 5.78 Å². The molecule has 3 heterocycles. The van der Waals surface area contributed by atoms with Crippen LogP contribution in [-0.4, -0.2) is 18.7 Å². The Morgan fingerprint density at radius 2 is 1.92 bits per heavy atom. The van der Waals surface area contributed by atoms with Gasteiger partial charge in [-0.1, -0.05) is 23.7 Å². The molecule has 24 heavy (non-hydrogen) atoms. The van der Waals surface area contributed by atoms with E-state index >= 15 is 0 Å². The van der Waals surface area contributed by atoms with E-state index in [2.05, 4.69) is 5.10 Å². The molecular weight excluding hydrogens is 348 g/mol. The van der Waals surface area contributed by atoms with E-state index in [1.807, 2.05) is 24.4 Å². The monoisotopic (exact) mass is 360 g/mol. The maximum Gasteiger partial charge on any atom is 0.352 e. The maximum absolute atomic E-state index is 12.9. The molecule has 3 aromatic heterocycles. The molecule has 0 spiro atoms. The summed E-state index contributed by atoms with van der Waals surface area (Å²) >= 11 is 7.25. The van der Waals surface area contributed by atoms with Crippen molar-refractivity contribution in [1.82, 2.24) is 18.7 Å². The van der Waals surface area contributed by atoms with Crippen LogP contribution in [0.3, 0.4) is 0 Å². The van der Waals surface area contributed by atoms with Gasteiger partial charge in [-0.3, -0.25) is 9.36 Å². The summed E-state index contributed by atoms with van der Waals surface area (Å²) in [5.74, 6) is 0.354. The van der Waals surface area contributed by atoms with E-state index in [9.17, 15) is 9.59 Å². The Morgan fingerprint density at radius 3 is 2.62 bits per heavy atom. The van der Waals surface area contributed by atoms with Gasteiger partial charge in [-0.2, -0.15) is 0 Å². The number of aryl methyl sites for hydroxylation is 1. The van der Waals surface area contributed by atoms with Gasteiger partial charge >= 0.3 is 5.69 Å². The van der Waals surface area contributed by atoms with E-state index in [4.69, 9.17) is 11.6 Å². The summed E-state index contributed by atoms with van der Waals surface area (Å²) in [4.78, 5) is 25.4. The summed E-state index contributed by atoms with van der Waals surface area (Å²) in [6, 6.07) is 9.06. The minimum Gasteiger partial charge on any atom is -0.271 e. The van der Waals surface area contributed by atoms with Crippen molar-refractivity contribution in [1.29, 1.82) is 0 Å². The lowest BCUT2D eigenvalue weighted by Crippen LogP contribution is -2.25. The van der Waals surface area contributed by atoms with Crippen molar-refractivity contribution in [2.24, 2.45) is 0 Å². The Hall–Kier alpha value is -2.38. The van der Waals surface area contributed by atoms with Gasteiger partial charge in [0.05, 0.1) is 12.1 Å². The molecule has 0 aliphatic carbocycles. The topological polar surface area (TPSA) is 61.3 Å². The van der Waals surface area contributed by atoms with Crippen LogP contribution in [-0.2, 0) is 13.1 Å². The molecule has 0 bridgehead atoms. The number of benzene rings is 1. The van der Waals surface area contributed by atoms with Crippen LogP contribution in [0.2, 0.25) is 5.02 Å². The Bertz CT molecular complexity index is 1170. The van der Waals surface area contributed by atoms with Crippen LogP contribution in [0.25, 0.3) is 16.0 Å². The SMILES string of the molecule is CCn1nc2n(Cc3ccc(Cl)cc3)c(=O)c3sccc3n2c1=O. The second-order valence-corrected chi connectivity index (χ2v) is 6.74. The highest BCUT2D eigenvalue weighted by atomic mass is 35.5. The zero-order valence-electron chi connectivity index (χ0n) is 12.8. The van der Waals surface area contributed by atoms with E-state index in [-0.39, 0.29) is 11.2 Å². The second kappa shape index (κ2) is 5.61. The third kappa shape index (κ3) is 2.20. The highest BCUT2D eigenvalue weighted by Gasteiger charge is 2.17. The third-order valence-electron chi connectivity index (χ3n) is 3.94. The number of fused-ring (bicyclic) bond motifs is 3. The summed E-state index contributed by atoms with van der Waals surface area (Å²) in [6.07, 6.45) is 0. The number of rotatable bonds is 3. The lowest BCUT2D eigenvalue weighted by molar-refractivity contribution is 0.630. The smallest absolute Gasteiger partial charge is 0.271 e. The fourth-order valence-electron chi connectivity index (χ4n) is 2.75. The molecule has 6 nitrogen and oxygen atoms in total. The van der Waals surface area contributed by atoms with Crippen molar-refractivity contribution in [3.63, 3.8) is 0 Å². The predicted octanol–water partition coefficient (Wildman–Crippen LogP) is 2.59. The van der Waals surface area contributed by atoms with Gasteiger partial charge in [0, 0.05) is 11.6 Å². The molecule has 0 radical (unpaired) electrons. The van der Waals surface area contributed by atoms with Gasteiger partial charge in [-0.25, -0.2) is 13.9 Å². The Morgan fingerprint density at radius 1 is 1.17 bits per heavy atom. The lowest BCUT2D eigenvalue weighted by atomic mass is 10.2. The molecule has 8 heteroatoms. The van der Waals surface area contributed by atoms with Crippen LogP contribution < -0.4 is 11.2 Å². The summed E-state index contributed by atoms with van der Waals surface area (Å²) in [5, 5.41) is 6.79. The summed E-state index contributed by atoms with van der Waals surface area (Å²) in [7, 11) is 0. The molecule has 0 atom stereocenters. The molecule has 0 aliphatic heterocycles. The summed E-state index contributed by atoms with van der Waals surface area (Å²) < 4.78 is 4.96. The molecular formula is C16H13ClN4O2S. The summed E-state index contributed by atoms with van der Waals surface area (Å²) in [5.41, 5.74) is 1.14. The molecule has 0 N–H and O–H groups in total. The summed E-state index contributed by atoms with van der Waals surface area (Å²) in [6.45, 7) is 2.62. The molecule has 0 amide bonds.